The first kappa shape index (κ1) is 34.4. The summed E-state index contributed by atoms with van der Waals surface area (Å²) >= 11 is 1.85. The number of fused-ring (bicyclic) bond motifs is 9. The second-order valence-electron chi connectivity index (χ2n) is 15.4. The van der Waals surface area contributed by atoms with Crippen LogP contribution in [-0.4, -0.2) is 0 Å². The summed E-state index contributed by atoms with van der Waals surface area (Å²) in [7, 11) is 0. The van der Waals surface area contributed by atoms with Gasteiger partial charge in [0, 0.05) is 65.1 Å². The Morgan fingerprint density at radius 1 is 0.283 bits per heavy atom. The van der Waals surface area contributed by atoms with Crippen molar-refractivity contribution in [3.05, 3.63) is 218 Å². The zero-order valence-electron chi connectivity index (χ0n) is 32.5. The van der Waals surface area contributed by atoms with Crippen molar-refractivity contribution in [3.63, 3.8) is 0 Å². The van der Waals surface area contributed by atoms with Gasteiger partial charge >= 0.3 is 0 Å². The van der Waals surface area contributed by atoms with Crippen molar-refractivity contribution in [2.45, 2.75) is 0 Å². The molecule has 282 valence electrons. The van der Waals surface area contributed by atoms with Crippen LogP contribution in [0.2, 0.25) is 0 Å². The van der Waals surface area contributed by atoms with Gasteiger partial charge in [0.05, 0.1) is 0 Å². The molecule has 0 saturated carbocycles. The topological polar surface area (TPSA) is 19.6 Å². The molecule has 0 aliphatic rings. The molecule has 0 aliphatic heterocycles. The first-order chi connectivity index (χ1) is 29.7. The molecule has 0 N–H and O–H groups in total. The number of hydrogen-bond donors (Lipinski definition) is 0. The van der Waals surface area contributed by atoms with Crippen LogP contribution in [0, 0.1) is 0 Å². The Kier molecular flexibility index (Phi) is 8.03. The second kappa shape index (κ2) is 14.0. The molecule has 0 unspecified atom stereocenters. The van der Waals surface area contributed by atoms with Gasteiger partial charge in [-0.1, -0.05) is 127 Å². The highest BCUT2D eigenvalue weighted by Crippen LogP contribution is 2.45. The molecular weight excluding hydrogens is 749 g/mol. The van der Waals surface area contributed by atoms with E-state index in [1.54, 1.807) is 0 Å². The molecule has 0 amide bonds. The lowest BCUT2D eigenvalue weighted by Crippen LogP contribution is -2.13. The van der Waals surface area contributed by atoms with E-state index in [2.05, 4.69) is 216 Å². The fourth-order valence-electron chi connectivity index (χ4n) is 8.95. The highest BCUT2D eigenvalue weighted by molar-refractivity contribution is 7.25. The molecular formula is C56H36N2OS. The standard InChI is InChI=1S/C56H36N2OS/c1-3-13-37(14-4-1)39-15-11-18-42(31-39)58(45-28-27-38-25-26-40-32-54-52(36-51(40)50(38)34-45)47-21-7-9-23-53(47)59-54)44-20-12-19-43(33-44)57(41-16-5-2-6-17-41)46-29-30-49-48-22-8-10-24-55(48)60-56(49)35-46/h1-36H. The monoisotopic (exact) mass is 784 g/mol. The van der Waals surface area contributed by atoms with E-state index in [0.29, 0.717) is 0 Å². The molecule has 0 bridgehead atoms. The van der Waals surface area contributed by atoms with Crippen LogP contribution in [0.3, 0.4) is 0 Å². The highest BCUT2D eigenvalue weighted by atomic mass is 32.1. The van der Waals surface area contributed by atoms with Crippen molar-refractivity contribution in [3.8, 4) is 11.1 Å². The average molecular weight is 785 g/mol. The molecule has 2 heterocycles. The zero-order valence-corrected chi connectivity index (χ0v) is 33.3. The van der Waals surface area contributed by atoms with Gasteiger partial charge < -0.3 is 14.2 Å². The minimum absolute atomic E-state index is 0.907. The summed E-state index contributed by atoms with van der Waals surface area (Å²) in [5, 5.41) is 9.59. The van der Waals surface area contributed by atoms with Crippen LogP contribution in [0.5, 0.6) is 0 Å². The Labute approximate surface area is 351 Å². The van der Waals surface area contributed by atoms with Crippen molar-refractivity contribution >= 4 is 109 Å². The zero-order chi connectivity index (χ0) is 39.6. The Morgan fingerprint density at radius 2 is 0.850 bits per heavy atom. The number of para-hydroxylation sites is 2. The molecule has 4 heteroatoms. The van der Waals surface area contributed by atoms with Crippen molar-refractivity contribution in [1.29, 1.82) is 0 Å². The minimum Gasteiger partial charge on any atom is -0.456 e. The van der Waals surface area contributed by atoms with Gasteiger partial charge in [-0.3, -0.25) is 0 Å². The predicted octanol–water partition coefficient (Wildman–Crippen LogP) is 16.9. The highest BCUT2D eigenvalue weighted by Gasteiger charge is 2.20. The van der Waals surface area contributed by atoms with Gasteiger partial charge in [-0.25, -0.2) is 0 Å². The van der Waals surface area contributed by atoms with Gasteiger partial charge in [-0.15, -0.1) is 11.3 Å². The van der Waals surface area contributed by atoms with Crippen LogP contribution >= 0.6 is 11.3 Å². The van der Waals surface area contributed by atoms with Gasteiger partial charge in [-0.05, 0) is 124 Å². The summed E-state index contributed by atoms with van der Waals surface area (Å²) in [5.74, 6) is 0. The first-order valence-corrected chi connectivity index (χ1v) is 21.1. The largest absolute Gasteiger partial charge is 0.456 e. The molecule has 12 aromatic rings. The van der Waals surface area contributed by atoms with E-state index in [1.807, 2.05) is 23.5 Å². The molecule has 2 aromatic heterocycles. The number of anilines is 6. The summed E-state index contributed by atoms with van der Waals surface area (Å²) in [4.78, 5) is 4.78. The fourth-order valence-corrected chi connectivity index (χ4v) is 10.1. The maximum Gasteiger partial charge on any atom is 0.136 e. The summed E-state index contributed by atoms with van der Waals surface area (Å²) < 4.78 is 8.89. The van der Waals surface area contributed by atoms with Crippen LogP contribution in [0.25, 0.3) is 74.8 Å². The van der Waals surface area contributed by atoms with Crippen LogP contribution in [0.15, 0.2) is 223 Å². The van der Waals surface area contributed by atoms with Crippen molar-refractivity contribution in [2.24, 2.45) is 0 Å². The van der Waals surface area contributed by atoms with Crippen molar-refractivity contribution in [1.82, 2.24) is 0 Å². The van der Waals surface area contributed by atoms with E-state index in [-0.39, 0.29) is 0 Å². The summed E-state index contributed by atoms with van der Waals surface area (Å²) in [5.41, 5.74) is 10.7. The molecule has 3 nitrogen and oxygen atoms in total. The quantitative estimate of drug-likeness (QED) is 0.150. The average Bonchev–Trinajstić information content (AvgIpc) is 3.87. The van der Waals surface area contributed by atoms with Crippen LogP contribution in [0.1, 0.15) is 0 Å². The number of benzene rings is 10. The molecule has 0 aliphatic carbocycles. The van der Waals surface area contributed by atoms with Crippen molar-refractivity contribution in [2.75, 3.05) is 9.80 Å². The second-order valence-corrected chi connectivity index (χ2v) is 16.4. The van der Waals surface area contributed by atoms with Gasteiger partial charge in [-0.2, -0.15) is 0 Å². The lowest BCUT2D eigenvalue weighted by atomic mass is 9.98. The smallest absolute Gasteiger partial charge is 0.136 e. The number of furan rings is 1. The van der Waals surface area contributed by atoms with Crippen LogP contribution in [0.4, 0.5) is 34.1 Å². The maximum atomic E-state index is 6.32. The van der Waals surface area contributed by atoms with Crippen LogP contribution < -0.4 is 9.80 Å². The van der Waals surface area contributed by atoms with Crippen LogP contribution in [-0.2, 0) is 0 Å². The fraction of sp³-hybridized carbons (Fsp3) is 0. The Bertz CT molecular complexity index is 3570. The molecule has 60 heavy (non-hydrogen) atoms. The van der Waals surface area contributed by atoms with Gasteiger partial charge in [0.15, 0.2) is 0 Å². The van der Waals surface area contributed by atoms with E-state index < -0.39 is 0 Å². The number of rotatable bonds is 7. The van der Waals surface area contributed by atoms with E-state index in [0.717, 1.165) is 67.0 Å². The first-order valence-electron chi connectivity index (χ1n) is 20.3. The lowest BCUT2D eigenvalue weighted by molar-refractivity contribution is 0.669. The third-order valence-electron chi connectivity index (χ3n) is 11.8. The lowest BCUT2D eigenvalue weighted by Gasteiger charge is -2.30. The van der Waals surface area contributed by atoms with E-state index >= 15 is 0 Å². The summed E-state index contributed by atoms with van der Waals surface area (Å²) in [6, 6.07) is 78.9. The normalized spacial score (nSPS) is 11.7. The Hall–Kier alpha value is -7.66. The van der Waals surface area contributed by atoms with E-state index in [4.69, 9.17) is 4.42 Å². The molecule has 0 radical (unpaired) electrons. The third-order valence-corrected chi connectivity index (χ3v) is 12.9. The van der Waals surface area contributed by atoms with Gasteiger partial charge in [0.1, 0.15) is 11.2 Å². The number of nitrogens with zero attached hydrogens (tertiary/aromatic N) is 2. The Morgan fingerprint density at radius 3 is 1.70 bits per heavy atom. The number of hydrogen-bond acceptors (Lipinski definition) is 4. The SMILES string of the molecule is c1ccc(-c2cccc(N(c3cccc(N(c4ccccc4)c4ccc5c(c4)sc4ccccc45)c3)c3ccc4ccc5cc6oc7ccccc7c6cc5c4c3)c2)cc1. The van der Waals surface area contributed by atoms with Gasteiger partial charge in [0.25, 0.3) is 0 Å². The van der Waals surface area contributed by atoms with E-state index in [1.165, 1.54) is 41.9 Å². The molecule has 10 aromatic carbocycles. The Balaban J connectivity index is 1.06. The molecule has 0 saturated heterocycles. The van der Waals surface area contributed by atoms with Crippen molar-refractivity contribution < 1.29 is 4.42 Å². The summed E-state index contributed by atoms with van der Waals surface area (Å²) in [6.07, 6.45) is 0. The maximum absolute atomic E-state index is 6.32. The summed E-state index contributed by atoms with van der Waals surface area (Å²) in [6.45, 7) is 0. The van der Waals surface area contributed by atoms with E-state index in [9.17, 15) is 0 Å². The third kappa shape index (κ3) is 5.80. The molecule has 0 fully saturated rings. The minimum atomic E-state index is 0.907. The molecule has 0 spiro atoms. The predicted molar refractivity (Wildman–Crippen MR) is 256 cm³/mol. The number of thiophene rings is 1. The van der Waals surface area contributed by atoms with Gasteiger partial charge in [0.2, 0.25) is 0 Å². The molecule has 12 rings (SSSR count). The molecule has 0 atom stereocenters.